The van der Waals surface area contributed by atoms with E-state index in [9.17, 15) is 18.0 Å². The van der Waals surface area contributed by atoms with Gasteiger partial charge in [-0.1, -0.05) is 0 Å². The highest BCUT2D eigenvalue weighted by Crippen LogP contribution is 2.36. The molecular formula is C20H21F3N4O2. The molecule has 1 N–H and O–H groups in total. The molecule has 0 atom stereocenters. The summed E-state index contributed by atoms with van der Waals surface area (Å²) in [7, 11) is 1.71. The number of anilines is 4. The van der Waals surface area contributed by atoms with Crippen LogP contribution < -0.4 is 19.9 Å². The SMILES string of the molecule is CN1C(=O)COc2cc(Nc3ccc(N4CCC(C(F)(F)F)CC4)nc3)ccc21. The Morgan fingerprint density at radius 3 is 2.52 bits per heavy atom. The lowest BCUT2D eigenvalue weighted by Gasteiger charge is -2.33. The summed E-state index contributed by atoms with van der Waals surface area (Å²) in [4.78, 5) is 19.5. The summed E-state index contributed by atoms with van der Waals surface area (Å²) in [6.45, 7) is 0.699. The van der Waals surface area contributed by atoms with Crippen molar-refractivity contribution in [2.75, 3.05) is 41.9 Å². The second-order valence-corrected chi connectivity index (χ2v) is 7.26. The highest BCUT2D eigenvalue weighted by Gasteiger charge is 2.41. The first-order valence-electron chi connectivity index (χ1n) is 9.39. The van der Waals surface area contributed by atoms with Gasteiger partial charge in [-0.2, -0.15) is 13.2 Å². The Kier molecular flexibility index (Phi) is 4.97. The van der Waals surface area contributed by atoms with Gasteiger partial charge in [0.15, 0.2) is 6.61 Å². The van der Waals surface area contributed by atoms with E-state index >= 15 is 0 Å². The molecular weight excluding hydrogens is 385 g/mol. The molecule has 2 aliphatic heterocycles. The number of benzene rings is 1. The third kappa shape index (κ3) is 4.08. The average Bonchev–Trinajstić information content (AvgIpc) is 2.71. The molecule has 0 aliphatic carbocycles. The number of halogens is 3. The topological polar surface area (TPSA) is 57.7 Å². The number of nitrogens with zero attached hydrogens (tertiary/aromatic N) is 3. The molecule has 0 spiro atoms. The number of amides is 1. The number of fused-ring (bicyclic) bond motifs is 1. The van der Waals surface area contributed by atoms with Gasteiger partial charge in [-0.25, -0.2) is 4.98 Å². The van der Waals surface area contributed by atoms with Crippen LogP contribution >= 0.6 is 0 Å². The lowest BCUT2D eigenvalue weighted by molar-refractivity contribution is -0.179. The predicted octanol–water partition coefficient (Wildman–Crippen LogP) is 3.96. The monoisotopic (exact) mass is 406 g/mol. The zero-order valence-corrected chi connectivity index (χ0v) is 15.9. The average molecular weight is 406 g/mol. The van der Waals surface area contributed by atoms with Crippen molar-refractivity contribution in [3.8, 4) is 5.75 Å². The Bertz CT molecular complexity index is 894. The van der Waals surface area contributed by atoms with Gasteiger partial charge >= 0.3 is 6.18 Å². The molecule has 1 aromatic carbocycles. The number of ether oxygens (including phenoxy) is 1. The van der Waals surface area contributed by atoms with E-state index in [1.807, 2.05) is 23.1 Å². The first kappa shape index (κ1) is 19.4. The number of aromatic nitrogens is 1. The molecule has 0 bridgehead atoms. The standard InChI is InChI=1S/C20H21F3N4O2/c1-26-16-4-2-14(10-17(16)29-12-19(26)28)25-15-3-5-18(24-11-15)27-8-6-13(7-9-27)20(21,22)23/h2-5,10-11,13,25H,6-9,12H2,1H3. The summed E-state index contributed by atoms with van der Waals surface area (Å²) in [5.41, 5.74) is 2.24. The van der Waals surface area contributed by atoms with Crippen molar-refractivity contribution in [1.82, 2.24) is 4.98 Å². The van der Waals surface area contributed by atoms with E-state index in [1.54, 1.807) is 30.3 Å². The molecule has 9 heteroatoms. The normalized spacial score (nSPS) is 17.7. The molecule has 0 unspecified atom stereocenters. The fourth-order valence-corrected chi connectivity index (χ4v) is 3.60. The number of likely N-dealkylation sites (N-methyl/N-ethyl adjacent to an activating group) is 1. The van der Waals surface area contributed by atoms with Gasteiger partial charge in [0.05, 0.1) is 23.5 Å². The minimum atomic E-state index is -4.12. The van der Waals surface area contributed by atoms with Crippen molar-refractivity contribution in [1.29, 1.82) is 0 Å². The number of pyridine rings is 1. The van der Waals surface area contributed by atoms with E-state index < -0.39 is 12.1 Å². The van der Waals surface area contributed by atoms with Crippen molar-refractivity contribution < 1.29 is 22.7 Å². The van der Waals surface area contributed by atoms with Crippen LogP contribution in [-0.2, 0) is 4.79 Å². The summed E-state index contributed by atoms with van der Waals surface area (Å²) in [5, 5.41) is 3.22. The molecule has 1 amide bonds. The summed E-state index contributed by atoms with van der Waals surface area (Å²) in [6.07, 6.45) is -2.27. The molecule has 29 heavy (non-hydrogen) atoms. The van der Waals surface area contributed by atoms with E-state index in [1.165, 1.54) is 0 Å². The minimum absolute atomic E-state index is 0.00817. The molecule has 1 fully saturated rings. The fourth-order valence-electron chi connectivity index (χ4n) is 3.60. The van der Waals surface area contributed by atoms with Crippen LogP contribution in [0.1, 0.15) is 12.8 Å². The van der Waals surface area contributed by atoms with Gasteiger partial charge in [0.1, 0.15) is 11.6 Å². The van der Waals surface area contributed by atoms with Crippen molar-refractivity contribution in [2.24, 2.45) is 5.92 Å². The van der Waals surface area contributed by atoms with Crippen LogP contribution in [0.2, 0.25) is 0 Å². The van der Waals surface area contributed by atoms with Crippen molar-refractivity contribution in [3.05, 3.63) is 36.5 Å². The molecule has 2 aromatic rings. The maximum Gasteiger partial charge on any atom is 0.391 e. The number of carbonyl (C=O) groups is 1. The molecule has 4 rings (SSSR count). The summed E-state index contributed by atoms with van der Waals surface area (Å²) < 4.78 is 43.9. The van der Waals surface area contributed by atoms with Crippen LogP contribution in [0.5, 0.6) is 5.75 Å². The number of hydrogen-bond acceptors (Lipinski definition) is 5. The molecule has 6 nitrogen and oxygen atoms in total. The number of nitrogens with one attached hydrogen (secondary N) is 1. The highest BCUT2D eigenvalue weighted by molar-refractivity contribution is 5.97. The van der Waals surface area contributed by atoms with Gasteiger partial charge < -0.3 is 19.9 Å². The van der Waals surface area contributed by atoms with Crippen LogP contribution in [0.3, 0.4) is 0 Å². The van der Waals surface area contributed by atoms with Crippen molar-refractivity contribution >= 4 is 28.8 Å². The third-order valence-corrected chi connectivity index (χ3v) is 5.36. The Labute approximate surface area is 166 Å². The first-order valence-corrected chi connectivity index (χ1v) is 9.39. The van der Waals surface area contributed by atoms with Crippen LogP contribution in [-0.4, -0.2) is 43.8 Å². The smallest absolute Gasteiger partial charge is 0.391 e. The van der Waals surface area contributed by atoms with Gasteiger partial charge in [-0.3, -0.25) is 4.79 Å². The number of carbonyl (C=O) groups excluding carboxylic acids is 1. The highest BCUT2D eigenvalue weighted by atomic mass is 19.4. The molecule has 2 aliphatic rings. The number of piperidine rings is 1. The molecule has 0 saturated carbocycles. The fraction of sp³-hybridized carbons (Fsp3) is 0.400. The molecule has 0 radical (unpaired) electrons. The molecule has 1 saturated heterocycles. The largest absolute Gasteiger partial charge is 0.481 e. The van der Waals surface area contributed by atoms with Crippen LogP contribution in [0, 0.1) is 5.92 Å². The Morgan fingerprint density at radius 1 is 1.14 bits per heavy atom. The predicted molar refractivity (Wildman–Crippen MR) is 104 cm³/mol. The number of alkyl halides is 3. The minimum Gasteiger partial charge on any atom is -0.481 e. The van der Waals surface area contributed by atoms with E-state index in [0.29, 0.717) is 30.3 Å². The van der Waals surface area contributed by atoms with E-state index in [2.05, 4.69) is 10.3 Å². The maximum absolute atomic E-state index is 12.8. The second kappa shape index (κ2) is 7.46. The summed E-state index contributed by atoms with van der Waals surface area (Å²) >= 11 is 0. The van der Waals surface area contributed by atoms with Gasteiger partial charge in [0.2, 0.25) is 0 Å². The van der Waals surface area contributed by atoms with Gasteiger partial charge in [0.25, 0.3) is 5.91 Å². The van der Waals surface area contributed by atoms with Gasteiger partial charge in [-0.05, 0) is 37.1 Å². The molecule has 154 valence electrons. The van der Waals surface area contributed by atoms with Gasteiger partial charge in [-0.15, -0.1) is 0 Å². The quantitative estimate of drug-likeness (QED) is 0.836. The Hall–Kier alpha value is -2.97. The maximum atomic E-state index is 12.8. The van der Waals surface area contributed by atoms with Crippen LogP contribution in [0.4, 0.5) is 36.1 Å². The van der Waals surface area contributed by atoms with Crippen LogP contribution in [0.15, 0.2) is 36.5 Å². The Morgan fingerprint density at radius 2 is 1.86 bits per heavy atom. The zero-order chi connectivity index (χ0) is 20.6. The van der Waals surface area contributed by atoms with E-state index in [4.69, 9.17) is 4.74 Å². The molecule has 3 heterocycles. The lowest BCUT2D eigenvalue weighted by atomic mass is 9.96. The lowest BCUT2D eigenvalue weighted by Crippen LogP contribution is -2.39. The van der Waals surface area contributed by atoms with E-state index in [0.717, 1.165) is 11.4 Å². The molecule has 1 aromatic heterocycles. The van der Waals surface area contributed by atoms with E-state index in [-0.39, 0.29) is 25.4 Å². The first-order chi connectivity index (χ1) is 13.8. The summed E-state index contributed by atoms with van der Waals surface area (Å²) in [5.74, 6) is -0.0307. The Balaban J connectivity index is 1.40. The number of hydrogen-bond donors (Lipinski definition) is 1. The zero-order valence-electron chi connectivity index (χ0n) is 15.9. The summed E-state index contributed by atoms with van der Waals surface area (Å²) in [6, 6.07) is 9.11. The third-order valence-electron chi connectivity index (χ3n) is 5.36. The van der Waals surface area contributed by atoms with Crippen LogP contribution in [0.25, 0.3) is 0 Å². The second-order valence-electron chi connectivity index (χ2n) is 7.26. The van der Waals surface area contributed by atoms with Crippen molar-refractivity contribution in [3.63, 3.8) is 0 Å². The number of rotatable bonds is 3. The van der Waals surface area contributed by atoms with Gasteiger partial charge in [0, 0.05) is 31.9 Å². The van der Waals surface area contributed by atoms with Crippen molar-refractivity contribution in [2.45, 2.75) is 19.0 Å².